The van der Waals surface area contributed by atoms with E-state index < -0.39 is 41.1 Å². The number of halogens is 4. The van der Waals surface area contributed by atoms with Gasteiger partial charge in [-0.2, -0.15) is 17.6 Å². The summed E-state index contributed by atoms with van der Waals surface area (Å²) in [6.45, 7) is 3.74. The van der Waals surface area contributed by atoms with E-state index in [1.807, 2.05) is 11.8 Å². The Kier molecular flexibility index (Phi) is 9.63. The van der Waals surface area contributed by atoms with Gasteiger partial charge >= 0.3 is 17.9 Å². The predicted molar refractivity (Wildman–Crippen MR) is 209 cm³/mol. The number of imidazole rings is 2. The number of likely N-dealkylation sites (N-methyl/N-ethyl adjacent to an activating group) is 1. The number of hydrogen-bond donors (Lipinski definition) is 4. The molecular formula is C43H48F4N8O4. The van der Waals surface area contributed by atoms with Crippen molar-refractivity contribution in [2.75, 3.05) is 14.2 Å². The zero-order valence-electron chi connectivity index (χ0n) is 33.3. The number of aromatic nitrogens is 4. The highest BCUT2D eigenvalue weighted by atomic mass is 19.3. The topological polar surface area (TPSA) is 148 Å². The normalized spacial score (nSPS) is 26.7. The minimum absolute atomic E-state index is 0.000915. The van der Waals surface area contributed by atoms with Crippen molar-refractivity contribution < 1.29 is 36.7 Å². The van der Waals surface area contributed by atoms with Gasteiger partial charge in [0.2, 0.25) is 11.8 Å². The van der Waals surface area contributed by atoms with Crippen molar-refractivity contribution in [1.82, 2.24) is 40.4 Å². The lowest BCUT2D eigenvalue weighted by molar-refractivity contribution is -0.225. The molecule has 0 spiro atoms. The molecule has 4 aromatic rings. The number of nitrogens with one attached hydrogen (secondary N) is 4. The zero-order chi connectivity index (χ0) is 41.5. The number of carbonyl (C=O) groups excluding carboxylic acids is 3. The third-order valence-electron chi connectivity index (χ3n) is 13.7. The van der Waals surface area contributed by atoms with Crippen LogP contribution in [0.2, 0.25) is 0 Å². The first-order valence-corrected chi connectivity index (χ1v) is 20.6. The second-order valence-electron chi connectivity index (χ2n) is 16.7. The zero-order valence-corrected chi connectivity index (χ0v) is 33.3. The third kappa shape index (κ3) is 6.06. The van der Waals surface area contributed by atoms with E-state index in [1.54, 1.807) is 31.0 Å². The Hall–Kier alpha value is -5.25. The van der Waals surface area contributed by atoms with E-state index in [2.05, 4.69) is 30.6 Å². The lowest BCUT2D eigenvalue weighted by atomic mass is 9.79. The fourth-order valence-electron chi connectivity index (χ4n) is 10.7. The van der Waals surface area contributed by atoms with Crippen LogP contribution in [0, 0.1) is 11.8 Å². The van der Waals surface area contributed by atoms with Crippen LogP contribution in [0.5, 0.6) is 0 Å². The molecular weight excluding hydrogens is 769 g/mol. The number of benzene rings is 2. The van der Waals surface area contributed by atoms with E-state index in [-0.39, 0.29) is 70.1 Å². The Bertz CT molecular complexity index is 2310. The number of likely N-dealkylation sites (tertiary alicyclic amines) is 2. The quantitative estimate of drug-likeness (QED) is 0.121. The molecule has 3 amide bonds. The van der Waals surface area contributed by atoms with Crippen LogP contribution < -0.4 is 10.6 Å². The van der Waals surface area contributed by atoms with Crippen molar-refractivity contribution in [1.29, 1.82) is 0 Å². The van der Waals surface area contributed by atoms with Gasteiger partial charge in [-0.25, -0.2) is 14.8 Å². The van der Waals surface area contributed by atoms with Gasteiger partial charge in [0, 0.05) is 34.3 Å². The number of hydrogen-bond acceptors (Lipinski definition) is 7. The van der Waals surface area contributed by atoms with Crippen molar-refractivity contribution in [3.05, 3.63) is 71.6 Å². The Morgan fingerprint density at radius 3 is 1.64 bits per heavy atom. The molecule has 4 fully saturated rings. The number of H-pyrrole nitrogens is 2. The van der Waals surface area contributed by atoms with Gasteiger partial charge in [-0.1, -0.05) is 38.1 Å². The maximum atomic E-state index is 16.2. The van der Waals surface area contributed by atoms with Gasteiger partial charge in [-0.15, -0.1) is 0 Å². The van der Waals surface area contributed by atoms with E-state index in [1.165, 1.54) is 31.6 Å². The lowest BCUT2D eigenvalue weighted by Crippen LogP contribution is -2.51. The highest BCUT2D eigenvalue weighted by Gasteiger charge is 2.63. The molecule has 5 aliphatic rings. The molecule has 312 valence electrons. The fraction of sp³-hybridized carbons (Fsp3) is 0.512. The molecule has 0 radical (unpaired) electrons. The van der Waals surface area contributed by atoms with Crippen molar-refractivity contribution >= 4 is 17.9 Å². The van der Waals surface area contributed by atoms with Gasteiger partial charge in [0.05, 0.1) is 49.0 Å². The number of ether oxygens (including phenoxy) is 1. The molecule has 16 heteroatoms. The summed E-state index contributed by atoms with van der Waals surface area (Å²) in [4.78, 5) is 58.7. The van der Waals surface area contributed by atoms with Gasteiger partial charge in [0.25, 0.3) is 0 Å². The monoisotopic (exact) mass is 816 g/mol. The predicted octanol–water partition coefficient (Wildman–Crippen LogP) is 7.57. The van der Waals surface area contributed by atoms with Crippen LogP contribution in [0.1, 0.15) is 100 Å². The summed E-state index contributed by atoms with van der Waals surface area (Å²) < 4.78 is 69.6. The Labute approximate surface area is 338 Å². The number of fused-ring (bicyclic) bond motifs is 7. The van der Waals surface area contributed by atoms with Crippen LogP contribution in [-0.4, -0.2) is 86.0 Å². The number of nitrogens with zero attached hydrogens (tertiary/aromatic N) is 4. The maximum absolute atomic E-state index is 16.2. The number of alkyl halides is 4. The molecule has 4 N–H and O–H groups in total. The molecule has 8 atom stereocenters. The molecule has 4 bridgehead atoms. The summed E-state index contributed by atoms with van der Waals surface area (Å²) in [5, 5.41) is 5.71. The molecule has 4 heterocycles. The largest absolute Gasteiger partial charge is 0.453 e. The summed E-state index contributed by atoms with van der Waals surface area (Å²) in [7, 11) is 2.99. The molecule has 12 nitrogen and oxygen atoms in total. The van der Waals surface area contributed by atoms with E-state index in [0.29, 0.717) is 35.9 Å². The molecule has 5 unspecified atom stereocenters. The van der Waals surface area contributed by atoms with Gasteiger partial charge < -0.3 is 35.1 Å². The van der Waals surface area contributed by atoms with E-state index in [4.69, 9.17) is 4.74 Å². The standard InChI is InChI=1S/C43H48F4N8O4/c1-5-31(48-3)39(56)54-25-11-7-23(15-25)35(54)37-49-19-33(51-37)21-9-13-27-28-14-10-22(18-30(28)43(46,47)42(44,45)29(27)17-21)34-20-50-38(52-34)36-24-8-12-26(16-24)55(36)40(57)32(6-2)53-41(58)59-4/h9-10,13-14,17-20,23-26,31-32,35-36,48H,5-8,11-12,15-16H2,1-4H3,(H,49,51)(H,50,52)(H,53,58)/t23-,24?,25+,26+,31?,32?,35?,36?/m0/s1. The summed E-state index contributed by atoms with van der Waals surface area (Å²) in [5.41, 5.74) is -0.317. The number of amides is 3. The second-order valence-corrected chi connectivity index (χ2v) is 16.7. The van der Waals surface area contributed by atoms with Gasteiger partial charge in [0.1, 0.15) is 17.7 Å². The molecule has 2 aliphatic heterocycles. The summed E-state index contributed by atoms with van der Waals surface area (Å²) in [6.07, 6.45) is 8.45. The van der Waals surface area contributed by atoms with E-state index >= 15 is 17.6 Å². The fourth-order valence-corrected chi connectivity index (χ4v) is 10.7. The van der Waals surface area contributed by atoms with Crippen molar-refractivity contribution in [3.8, 4) is 33.6 Å². The van der Waals surface area contributed by atoms with Gasteiger partial charge in [0.15, 0.2) is 0 Å². The average molecular weight is 817 g/mol. The minimum atomic E-state index is -4.56. The molecule has 2 aromatic heterocycles. The number of piperidine rings is 2. The van der Waals surface area contributed by atoms with Crippen molar-refractivity contribution in [2.24, 2.45) is 11.8 Å². The number of aromatic amines is 2. The molecule has 3 aliphatic carbocycles. The number of alkyl carbamates (subject to hydrolysis) is 1. The first kappa shape index (κ1) is 39.2. The smallest absolute Gasteiger partial charge is 0.407 e. The highest BCUT2D eigenvalue weighted by molar-refractivity contribution is 5.87. The molecule has 2 saturated carbocycles. The van der Waals surface area contributed by atoms with Crippen molar-refractivity contribution in [3.63, 3.8) is 0 Å². The minimum Gasteiger partial charge on any atom is -0.453 e. The summed E-state index contributed by atoms with van der Waals surface area (Å²) >= 11 is 0. The van der Waals surface area contributed by atoms with Crippen LogP contribution in [0.4, 0.5) is 22.4 Å². The molecule has 59 heavy (non-hydrogen) atoms. The molecule has 2 saturated heterocycles. The summed E-state index contributed by atoms with van der Waals surface area (Å²) in [5.74, 6) is -8.03. The number of rotatable bonds is 10. The van der Waals surface area contributed by atoms with Crippen LogP contribution >= 0.6 is 0 Å². The van der Waals surface area contributed by atoms with Gasteiger partial charge in [-0.3, -0.25) is 9.59 Å². The maximum Gasteiger partial charge on any atom is 0.407 e. The Balaban J connectivity index is 1.00. The number of methoxy groups -OCH3 is 1. The van der Waals surface area contributed by atoms with E-state index in [0.717, 1.165) is 50.7 Å². The van der Waals surface area contributed by atoms with Crippen LogP contribution in [0.25, 0.3) is 33.6 Å². The highest BCUT2D eigenvalue weighted by Crippen LogP contribution is 2.59. The van der Waals surface area contributed by atoms with E-state index in [9.17, 15) is 14.4 Å². The van der Waals surface area contributed by atoms with Crippen LogP contribution in [0.15, 0.2) is 48.8 Å². The lowest BCUT2D eigenvalue weighted by Gasteiger charge is -2.36. The first-order chi connectivity index (χ1) is 28.3. The second kappa shape index (κ2) is 14.5. The summed E-state index contributed by atoms with van der Waals surface area (Å²) in [6, 6.07) is 6.54. The Morgan fingerprint density at radius 2 is 1.22 bits per heavy atom. The average Bonchev–Trinajstić information content (AvgIpc) is 4.11. The number of carbonyl (C=O) groups is 3. The van der Waals surface area contributed by atoms with Crippen molar-refractivity contribution in [2.45, 2.75) is 113 Å². The first-order valence-electron chi connectivity index (χ1n) is 20.6. The molecule has 2 aromatic carbocycles. The van der Waals surface area contributed by atoms with Crippen LogP contribution in [-0.2, 0) is 26.2 Å². The Morgan fingerprint density at radius 1 is 0.763 bits per heavy atom. The van der Waals surface area contributed by atoms with Crippen LogP contribution in [0.3, 0.4) is 0 Å². The SMILES string of the molecule is CCC(NC(=O)OC)C(=O)N1C(c2ncc(-c3ccc4c(c3)C(F)(F)C(F)(F)c3cc(-c5cnc(C6[C@H]7CC[C@H](C7)N6C(=O)C(CC)NC)[nH]5)ccc3-4)[nH]2)C2CC[C@@H]1C2. The third-order valence-corrected chi connectivity index (χ3v) is 13.7. The molecule has 9 rings (SSSR count). The van der Waals surface area contributed by atoms with Gasteiger partial charge in [-0.05, 0) is 93.5 Å².